The van der Waals surface area contributed by atoms with E-state index in [-0.39, 0.29) is 0 Å². The van der Waals surface area contributed by atoms with Gasteiger partial charge in [-0.2, -0.15) is 0 Å². The van der Waals surface area contributed by atoms with Crippen LogP contribution in [0.2, 0.25) is 6.04 Å². The van der Waals surface area contributed by atoms with E-state index in [1.54, 1.807) is 21.3 Å². The Morgan fingerprint density at radius 3 is 1.78 bits per heavy atom. The molecule has 0 aromatic heterocycles. The summed E-state index contributed by atoms with van der Waals surface area (Å²) in [6.45, 7) is 9.58. The van der Waals surface area contributed by atoms with Crippen molar-refractivity contribution in [3.8, 4) is 0 Å². The predicted octanol–water partition coefficient (Wildman–Crippen LogP) is 1.07. The highest BCUT2D eigenvalue weighted by atomic mass is 28.4. The van der Waals surface area contributed by atoms with Crippen molar-refractivity contribution in [2.75, 3.05) is 54.1 Å². The molecule has 110 valence electrons. The standard InChI is InChI=1S/C12H31N2O3Si/c1-6-14(7-2,11-9-13)10-8-12-18(15-3,16-4)17-5/h6-13H2,1-5H3/q+1. The summed E-state index contributed by atoms with van der Waals surface area (Å²) in [6.07, 6.45) is 1.05. The van der Waals surface area contributed by atoms with Crippen LogP contribution in [0.5, 0.6) is 0 Å². The largest absolute Gasteiger partial charge is 0.500 e. The Balaban J connectivity index is 4.36. The molecular formula is C12H31N2O3Si+. The summed E-state index contributed by atoms with van der Waals surface area (Å²) in [7, 11) is 2.60. The van der Waals surface area contributed by atoms with Gasteiger partial charge >= 0.3 is 8.80 Å². The number of nitrogens with two attached hydrogens (primary N) is 1. The van der Waals surface area contributed by atoms with Gasteiger partial charge in [0.1, 0.15) is 0 Å². The van der Waals surface area contributed by atoms with Gasteiger partial charge < -0.3 is 23.5 Å². The van der Waals surface area contributed by atoms with Gasteiger partial charge in [0.15, 0.2) is 0 Å². The minimum Gasteiger partial charge on any atom is -0.377 e. The van der Waals surface area contributed by atoms with Crippen LogP contribution in [-0.2, 0) is 13.3 Å². The van der Waals surface area contributed by atoms with E-state index in [2.05, 4.69) is 13.8 Å². The summed E-state index contributed by atoms with van der Waals surface area (Å²) < 4.78 is 17.4. The van der Waals surface area contributed by atoms with Crippen LogP contribution in [0.4, 0.5) is 0 Å². The molecule has 0 aliphatic carbocycles. The highest BCUT2D eigenvalue weighted by molar-refractivity contribution is 6.60. The molecule has 0 heterocycles. The number of quaternary nitrogens is 1. The first-order valence-corrected chi connectivity index (χ1v) is 8.71. The number of rotatable bonds is 11. The smallest absolute Gasteiger partial charge is 0.377 e. The van der Waals surface area contributed by atoms with Gasteiger partial charge in [0.2, 0.25) is 0 Å². The van der Waals surface area contributed by atoms with E-state index < -0.39 is 8.80 Å². The van der Waals surface area contributed by atoms with Gasteiger partial charge in [-0.3, -0.25) is 0 Å². The summed E-state index contributed by atoms with van der Waals surface area (Å²) in [5.41, 5.74) is 5.72. The molecule has 0 atom stereocenters. The maximum atomic E-state index is 5.72. The number of likely N-dealkylation sites (N-methyl/N-ethyl adjacent to an activating group) is 1. The Morgan fingerprint density at radius 2 is 1.44 bits per heavy atom. The molecule has 5 nitrogen and oxygen atoms in total. The van der Waals surface area contributed by atoms with Crippen LogP contribution in [0.15, 0.2) is 0 Å². The zero-order valence-electron chi connectivity index (χ0n) is 12.7. The molecule has 0 rings (SSSR count). The summed E-state index contributed by atoms with van der Waals surface area (Å²) in [6, 6.07) is 0.862. The third-order valence-electron chi connectivity index (χ3n) is 3.99. The zero-order valence-corrected chi connectivity index (χ0v) is 13.7. The van der Waals surface area contributed by atoms with Crippen molar-refractivity contribution >= 4 is 8.80 Å². The Labute approximate surface area is 113 Å². The quantitative estimate of drug-likeness (QED) is 0.454. The van der Waals surface area contributed by atoms with Crippen LogP contribution in [0.25, 0.3) is 0 Å². The van der Waals surface area contributed by atoms with Crippen molar-refractivity contribution in [1.82, 2.24) is 0 Å². The van der Waals surface area contributed by atoms with Gasteiger partial charge in [-0.15, -0.1) is 0 Å². The minimum absolute atomic E-state index is 0.739. The van der Waals surface area contributed by atoms with Crippen molar-refractivity contribution in [1.29, 1.82) is 0 Å². The molecule has 0 aliphatic rings. The van der Waals surface area contributed by atoms with E-state index >= 15 is 0 Å². The lowest BCUT2D eigenvalue weighted by atomic mass is 10.3. The molecule has 6 heteroatoms. The Bertz CT molecular complexity index is 201. The lowest BCUT2D eigenvalue weighted by Crippen LogP contribution is -2.52. The van der Waals surface area contributed by atoms with E-state index in [9.17, 15) is 0 Å². The molecule has 0 fully saturated rings. The molecule has 0 amide bonds. The average molecular weight is 279 g/mol. The van der Waals surface area contributed by atoms with E-state index in [1.165, 1.54) is 0 Å². The second kappa shape index (κ2) is 9.01. The van der Waals surface area contributed by atoms with Crippen LogP contribution in [-0.4, -0.2) is 67.3 Å². The molecule has 0 aromatic carbocycles. The lowest BCUT2D eigenvalue weighted by molar-refractivity contribution is -0.923. The second-order valence-electron chi connectivity index (χ2n) is 4.61. The topological polar surface area (TPSA) is 53.7 Å². The van der Waals surface area contributed by atoms with E-state index in [0.29, 0.717) is 0 Å². The second-order valence-corrected chi connectivity index (χ2v) is 7.70. The SMILES string of the molecule is CC[N+](CC)(CCN)CCC[Si](OC)(OC)OC. The molecule has 0 unspecified atom stereocenters. The maximum Gasteiger partial charge on any atom is 0.500 e. The van der Waals surface area contributed by atoms with Gasteiger partial charge in [0.05, 0.1) is 26.2 Å². The van der Waals surface area contributed by atoms with Crippen LogP contribution < -0.4 is 5.73 Å². The summed E-state index contributed by atoms with van der Waals surface area (Å²) >= 11 is 0. The Kier molecular flexibility index (Phi) is 9.01. The highest BCUT2D eigenvalue weighted by Crippen LogP contribution is 2.17. The Morgan fingerprint density at radius 1 is 0.944 bits per heavy atom. The first-order chi connectivity index (χ1) is 8.57. The highest BCUT2D eigenvalue weighted by Gasteiger charge is 2.38. The molecule has 2 N–H and O–H groups in total. The normalized spacial score (nSPS) is 13.0. The van der Waals surface area contributed by atoms with Crippen LogP contribution in [0, 0.1) is 0 Å². The summed E-state index contributed by atoms with van der Waals surface area (Å²) in [5.74, 6) is 0. The average Bonchev–Trinajstić information content (AvgIpc) is 2.43. The molecule has 0 bridgehead atoms. The van der Waals surface area contributed by atoms with Crippen LogP contribution in [0.1, 0.15) is 20.3 Å². The Hall–Kier alpha value is 0.0169. The molecule has 0 saturated heterocycles. The molecule has 0 aromatic rings. The number of hydrogen-bond acceptors (Lipinski definition) is 4. The van der Waals surface area contributed by atoms with E-state index in [4.69, 9.17) is 19.0 Å². The van der Waals surface area contributed by atoms with E-state index in [1.807, 2.05) is 0 Å². The monoisotopic (exact) mass is 279 g/mol. The molecule has 0 radical (unpaired) electrons. The number of nitrogens with zero attached hydrogens (tertiary/aromatic N) is 1. The fraction of sp³-hybridized carbons (Fsp3) is 1.00. The van der Waals surface area contributed by atoms with Gasteiger partial charge in [0.25, 0.3) is 0 Å². The van der Waals surface area contributed by atoms with Gasteiger partial charge in [-0.25, -0.2) is 0 Å². The summed E-state index contributed by atoms with van der Waals surface area (Å²) in [5, 5.41) is 0. The van der Waals surface area contributed by atoms with Crippen molar-refractivity contribution in [3.63, 3.8) is 0 Å². The van der Waals surface area contributed by atoms with Crippen LogP contribution >= 0.6 is 0 Å². The van der Waals surface area contributed by atoms with Crippen molar-refractivity contribution in [2.24, 2.45) is 5.73 Å². The maximum absolute atomic E-state index is 5.72. The van der Waals surface area contributed by atoms with E-state index in [0.717, 1.165) is 49.7 Å². The fourth-order valence-electron chi connectivity index (χ4n) is 2.43. The van der Waals surface area contributed by atoms with Crippen molar-refractivity contribution in [3.05, 3.63) is 0 Å². The molecule has 0 aliphatic heterocycles. The van der Waals surface area contributed by atoms with Gasteiger partial charge in [0, 0.05) is 40.3 Å². The first kappa shape index (κ1) is 18.0. The minimum atomic E-state index is -2.41. The van der Waals surface area contributed by atoms with Gasteiger partial charge in [-0.1, -0.05) is 0 Å². The van der Waals surface area contributed by atoms with Crippen LogP contribution in [0.3, 0.4) is 0 Å². The predicted molar refractivity (Wildman–Crippen MR) is 76.3 cm³/mol. The third kappa shape index (κ3) is 4.95. The zero-order chi connectivity index (χ0) is 14.1. The fourth-order valence-corrected chi connectivity index (χ4v) is 4.13. The molecule has 0 spiro atoms. The lowest BCUT2D eigenvalue weighted by Gasteiger charge is -2.37. The third-order valence-corrected chi connectivity index (χ3v) is 6.83. The van der Waals surface area contributed by atoms with Crippen molar-refractivity contribution in [2.45, 2.75) is 26.3 Å². The molecule has 18 heavy (non-hydrogen) atoms. The first-order valence-electron chi connectivity index (χ1n) is 6.78. The van der Waals surface area contributed by atoms with Gasteiger partial charge in [-0.05, 0) is 13.8 Å². The summed E-state index contributed by atoms with van der Waals surface area (Å²) in [4.78, 5) is 0. The van der Waals surface area contributed by atoms with Crippen molar-refractivity contribution < 1.29 is 17.8 Å². The molecule has 0 saturated carbocycles. The number of hydrogen-bond donors (Lipinski definition) is 1. The molecular weight excluding hydrogens is 248 g/mol.